The quantitative estimate of drug-likeness (QED) is 0.249. The van der Waals surface area contributed by atoms with Crippen LogP contribution in [0.5, 0.6) is 0 Å². The number of anilines is 1. The highest BCUT2D eigenvalue weighted by Crippen LogP contribution is 2.13. The second-order valence-electron chi connectivity index (χ2n) is 8.00. The zero-order valence-corrected chi connectivity index (χ0v) is 18.5. The molecule has 0 unspecified atom stereocenters. The van der Waals surface area contributed by atoms with Crippen molar-refractivity contribution in [1.82, 2.24) is 19.9 Å². The molecule has 0 spiro atoms. The van der Waals surface area contributed by atoms with Gasteiger partial charge in [-0.3, -0.25) is 19.4 Å². The summed E-state index contributed by atoms with van der Waals surface area (Å²) in [4.78, 5) is 52.9. The monoisotopic (exact) mass is 469 g/mol. The smallest absolute Gasteiger partial charge is 0.326 e. The molecule has 180 valence electrons. The lowest BCUT2D eigenvalue weighted by Crippen LogP contribution is -2.41. The molecule has 2 heterocycles. The minimum absolute atomic E-state index is 0.0960. The number of carbonyl (C=O) groups is 3. The Kier molecular flexibility index (Phi) is 8.01. The van der Waals surface area contributed by atoms with Crippen LogP contribution in [0.3, 0.4) is 0 Å². The summed E-state index contributed by atoms with van der Waals surface area (Å²) < 4.78 is 1.87. The maximum Gasteiger partial charge on any atom is 0.326 e. The van der Waals surface area contributed by atoms with Gasteiger partial charge in [-0.15, -0.1) is 0 Å². The predicted octanol–water partition coefficient (Wildman–Crippen LogP) is 1.77. The fourth-order valence-electron chi connectivity index (χ4n) is 3.70. The van der Waals surface area contributed by atoms with Gasteiger partial charge in [0, 0.05) is 24.7 Å². The Morgan fingerprint density at radius 2 is 1.82 bits per heavy atom. The highest BCUT2D eigenvalue weighted by Gasteiger charge is 2.21. The number of aryl methyl sites for hydroxylation is 2. The van der Waals surface area contributed by atoms with Gasteiger partial charge in [0.1, 0.15) is 11.6 Å². The number of amides is 1. The Labute approximate surface area is 194 Å². The van der Waals surface area contributed by atoms with Crippen LogP contribution in [-0.2, 0) is 22.6 Å². The number of nitrogen functional groups attached to an aromatic ring is 1. The molecule has 0 aliphatic carbocycles. The number of hydrogen-bond acceptors (Lipinski definition) is 6. The van der Waals surface area contributed by atoms with E-state index in [1.165, 1.54) is 0 Å². The number of carboxylic acid groups (broad SMARTS) is 2. The van der Waals surface area contributed by atoms with Crippen molar-refractivity contribution in [3.63, 3.8) is 0 Å². The molecule has 0 saturated heterocycles. The second-order valence-corrected chi connectivity index (χ2v) is 8.00. The van der Waals surface area contributed by atoms with Crippen molar-refractivity contribution in [2.45, 2.75) is 51.1 Å². The van der Waals surface area contributed by atoms with Crippen molar-refractivity contribution in [1.29, 1.82) is 0 Å². The van der Waals surface area contributed by atoms with Crippen LogP contribution in [0.1, 0.15) is 48.0 Å². The summed E-state index contributed by atoms with van der Waals surface area (Å²) in [6, 6.07) is 7.39. The summed E-state index contributed by atoms with van der Waals surface area (Å²) in [7, 11) is 0. The van der Waals surface area contributed by atoms with E-state index in [0.29, 0.717) is 23.1 Å². The highest BCUT2D eigenvalue weighted by atomic mass is 16.4. The van der Waals surface area contributed by atoms with E-state index in [-0.39, 0.29) is 24.3 Å². The maximum atomic E-state index is 12.3. The number of aromatic nitrogens is 3. The first-order valence-corrected chi connectivity index (χ1v) is 10.9. The van der Waals surface area contributed by atoms with Gasteiger partial charge >= 0.3 is 11.9 Å². The lowest BCUT2D eigenvalue weighted by Gasteiger charge is -2.13. The van der Waals surface area contributed by atoms with E-state index in [1.54, 1.807) is 18.2 Å². The molecule has 3 aromatic rings. The first kappa shape index (κ1) is 24.5. The summed E-state index contributed by atoms with van der Waals surface area (Å²) in [5, 5.41) is 20.2. The Morgan fingerprint density at radius 1 is 1.09 bits per heavy atom. The molecule has 6 N–H and O–H groups in total. The fourth-order valence-corrected chi connectivity index (χ4v) is 3.70. The number of rotatable bonds is 12. The summed E-state index contributed by atoms with van der Waals surface area (Å²) in [6.45, 7) is 0.684. The zero-order valence-electron chi connectivity index (χ0n) is 18.5. The number of nitrogens with one attached hydrogen (secondary N) is 2. The second kappa shape index (κ2) is 11.1. The number of H-pyrrole nitrogens is 1. The largest absolute Gasteiger partial charge is 0.481 e. The molecule has 0 aliphatic rings. The molecule has 1 atom stereocenters. The van der Waals surface area contributed by atoms with Crippen LogP contribution in [0.2, 0.25) is 0 Å². The van der Waals surface area contributed by atoms with Crippen molar-refractivity contribution in [2.24, 2.45) is 0 Å². The van der Waals surface area contributed by atoms with Gasteiger partial charge in [0.05, 0.1) is 5.52 Å². The first-order chi connectivity index (χ1) is 16.2. The van der Waals surface area contributed by atoms with Crippen LogP contribution < -0.4 is 16.6 Å². The molecule has 3 rings (SSSR count). The molecule has 11 nitrogen and oxygen atoms in total. The number of carbonyl (C=O) groups excluding carboxylic acids is 1. The molecule has 2 aromatic heterocycles. The Hall–Kier alpha value is -4.15. The number of carboxylic acids is 2. The van der Waals surface area contributed by atoms with Crippen molar-refractivity contribution in [3.05, 3.63) is 58.0 Å². The van der Waals surface area contributed by atoms with Crippen LogP contribution >= 0.6 is 0 Å². The van der Waals surface area contributed by atoms with Gasteiger partial charge in [-0.1, -0.05) is 18.6 Å². The number of unbranched alkanes of at least 4 members (excludes halogenated alkanes) is 2. The standard InChI is InChI=1S/C23H27N5O6/c24-23-26-16-11-13-28(19(16)21(32)27-23)12-3-1-2-4-14-5-7-15(8-6-14)20(31)25-17(22(33)34)9-10-18(29)30/h5-8,11,13,17H,1-4,9-10,12H2,(H,25,31)(H,29,30)(H,33,34)(H3,24,26,27,32)/t17-/m0/s1. The minimum Gasteiger partial charge on any atom is -0.481 e. The van der Waals surface area contributed by atoms with E-state index in [1.807, 2.05) is 22.9 Å². The highest BCUT2D eigenvalue weighted by molar-refractivity contribution is 5.96. The summed E-state index contributed by atoms with van der Waals surface area (Å²) >= 11 is 0. The van der Waals surface area contributed by atoms with Gasteiger partial charge in [-0.25, -0.2) is 9.78 Å². The molecular weight excluding hydrogens is 442 g/mol. The number of benzene rings is 1. The number of aromatic amines is 1. The van der Waals surface area contributed by atoms with E-state index in [4.69, 9.17) is 15.9 Å². The average Bonchev–Trinajstić information content (AvgIpc) is 3.19. The van der Waals surface area contributed by atoms with Crippen molar-refractivity contribution in [3.8, 4) is 0 Å². The van der Waals surface area contributed by atoms with Gasteiger partial charge < -0.3 is 25.8 Å². The normalized spacial score (nSPS) is 11.9. The van der Waals surface area contributed by atoms with Gasteiger partial charge in [0.15, 0.2) is 0 Å². The molecule has 0 aliphatic heterocycles. The molecular formula is C23H27N5O6. The lowest BCUT2D eigenvalue weighted by molar-refractivity contribution is -0.140. The van der Waals surface area contributed by atoms with E-state index >= 15 is 0 Å². The van der Waals surface area contributed by atoms with Crippen molar-refractivity contribution in [2.75, 3.05) is 5.73 Å². The topological polar surface area (TPSA) is 180 Å². The lowest BCUT2D eigenvalue weighted by atomic mass is 10.0. The Bertz CT molecular complexity index is 1230. The summed E-state index contributed by atoms with van der Waals surface area (Å²) in [5.74, 6) is -2.86. The third kappa shape index (κ3) is 6.44. The SMILES string of the molecule is Nc1nc2ccn(CCCCCc3ccc(C(=O)N[C@@H](CCC(=O)O)C(=O)O)cc3)c2c(=O)[nH]1. The van der Waals surface area contributed by atoms with Gasteiger partial charge in [0.25, 0.3) is 11.5 Å². The van der Waals surface area contributed by atoms with E-state index in [0.717, 1.165) is 31.2 Å². The molecule has 0 radical (unpaired) electrons. The van der Waals surface area contributed by atoms with E-state index in [9.17, 15) is 19.2 Å². The van der Waals surface area contributed by atoms with E-state index in [2.05, 4.69) is 15.3 Å². The molecule has 0 bridgehead atoms. The molecule has 11 heteroatoms. The minimum atomic E-state index is -1.27. The van der Waals surface area contributed by atoms with Crippen LogP contribution in [0.4, 0.5) is 5.95 Å². The van der Waals surface area contributed by atoms with Gasteiger partial charge in [0.2, 0.25) is 5.95 Å². The fraction of sp³-hybridized carbons (Fsp3) is 0.348. The number of nitrogens with zero attached hydrogens (tertiary/aromatic N) is 2. The van der Waals surface area contributed by atoms with Crippen LogP contribution in [-0.4, -0.2) is 48.6 Å². The van der Waals surface area contributed by atoms with E-state index < -0.39 is 23.9 Å². The number of hydrogen-bond donors (Lipinski definition) is 5. The molecule has 0 fully saturated rings. The molecule has 1 amide bonds. The van der Waals surface area contributed by atoms with Crippen LogP contribution in [0.25, 0.3) is 11.0 Å². The Morgan fingerprint density at radius 3 is 2.50 bits per heavy atom. The summed E-state index contributed by atoms with van der Waals surface area (Å²) in [5.41, 5.74) is 7.74. The number of fused-ring (bicyclic) bond motifs is 1. The third-order valence-corrected chi connectivity index (χ3v) is 5.47. The molecule has 0 saturated carbocycles. The summed E-state index contributed by atoms with van der Waals surface area (Å²) in [6.07, 6.45) is 4.83. The van der Waals surface area contributed by atoms with Crippen LogP contribution in [0, 0.1) is 0 Å². The van der Waals surface area contributed by atoms with Gasteiger partial charge in [-0.05, 0) is 49.4 Å². The van der Waals surface area contributed by atoms with Crippen molar-refractivity contribution < 1.29 is 24.6 Å². The van der Waals surface area contributed by atoms with Gasteiger partial charge in [-0.2, -0.15) is 0 Å². The number of aliphatic carboxylic acids is 2. The Balaban J connectivity index is 1.45. The van der Waals surface area contributed by atoms with Crippen molar-refractivity contribution >= 4 is 34.8 Å². The third-order valence-electron chi connectivity index (χ3n) is 5.47. The first-order valence-electron chi connectivity index (χ1n) is 10.9. The molecule has 34 heavy (non-hydrogen) atoms. The number of nitrogens with two attached hydrogens (primary N) is 1. The van der Waals surface area contributed by atoms with Crippen LogP contribution in [0.15, 0.2) is 41.3 Å². The predicted molar refractivity (Wildman–Crippen MR) is 125 cm³/mol. The zero-order chi connectivity index (χ0) is 24.7. The average molecular weight is 469 g/mol. The maximum absolute atomic E-state index is 12.3. The molecule has 1 aromatic carbocycles.